The van der Waals surface area contributed by atoms with Crippen LogP contribution < -0.4 is 10.9 Å². The van der Waals surface area contributed by atoms with Gasteiger partial charge < -0.3 is 19.1 Å². The Morgan fingerprint density at radius 3 is 2.31 bits per heavy atom. The van der Waals surface area contributed by atoms with Crippen LogP contribution in [0.5, 0.6) is 0 Å². The van der Waals surface area contributed by atoms with Gasteiger partial charge in [0.15, 0.2) is 0 Å². The van der Waals surface area contributed by atoms with Gasteiger partial charge in [0.05, 0.1) is 21.1 Å². The molecule has 0 aliphatic heterocycles. The van der Waals surface area contributed by atoms with E-state index < -0.39 is 17.4 Å². The van der Waals surface area contributed by atoms with Gasteiger partial charge in [0, 0.05) is 12.2 Å². The summed E-state index contributed by atoms with van der Waals surface area (Å²) in [4.78, 5) is 39.8. The third-order valence-electron chi connectivity index (χ3n) is 7.44. The molecule has 1 N–H and O–H groups in total. The molecule has 35 heavy (non-hydrogen) atoms. The van der Waals surface area contributed by atoms with Crippen molar-refractivity contribution < 1.29 is 18.8 Å². The highest BCUT2D eigenvalue weighted by Gasteiger charge is 2.33. The van der Waals surface area contributed by atoms with Crippen molar-refractivity contribution in [2.75, 3.05) is 34.3 Å². The van der Waals surface area contributed by atoms with Crippen LogP contribution >= 0.6 is 0 Å². The number of aryl methyl sites for hydroxylation is 1. The first-order valence-electron chi connectivity index (χ1n) is 13.5. The van der Waals surface area contributed by atoms with Crippen molar-refractivity contribution in [3.8, 4) is 0 Å². The first kappa shape index (κ1) is 27.4. The lowest BCUT2D eigenvalue weighted by molar-refractivity contribution is -0.870. The van der Waals surface area contributed by atoms with Crippen LogP contribution in [-0.4, -0.2) is 60.8 Å². The van der Waals surface area contributed by atoms with Crippen LogP contribution in [0.15, 0.2) is 10.9 Å². The molecule has 1 aromatic heterocycles. The van der Waals surface area contributed by atoms with Crippen molar-refractivity contribution in [1.82, 2.24) is 9.88 Å². The molecule has 0 atom stereocenters. The number of likely N-dealkylation sites (N-methyl/N-ethyl adjacent to an activating group) is 1. The molecule has 0 spiro atoms. The Labute approximate surface area is 210 Å². The van der Waals surface area contributed by atoms with Gasteiger partial charge in [0.25, 0.3) is 11.5 Å². The Balaban J connectivity index is 1.84. The molecule has 0 aromatic carbocycles. The van der Waals surface area contributed by atoms with Gasteiger partial charge in [-0.1, -0.05) is 32.1 Å². The van der Waals surface area contributed by atoms with E-state index in [1.165, 1.54) is 32.1 Å². The lowest BCUT2D eigenvalue weighted by Crippen LogP contribution is -2.52. The number of ether oxygens (including phenoxy) is 1. The quantitative estimate of drug-likeness (QED) is 0.445. The van der Waals surface area contributed by atoms with Crippen molar-refractivity contribution >= 4 is 11.9 Å². The van der Waals surface area contributed by atoms with E-state index in [1.807, 2.05) is 25.7 Å². The standard InChI is InChI=1S/C28H45N3O4/c1-28(2,27(34)35-18-17-31(3,4)5)29-25(32)23-19-22-15-11-6-7-12-16-24(22)30(26(23)33)20-21-13-9-8-10-14-21/h19,21H,6-18,20H2,1-5H3/p+1. The molecule has 0 radical (unpaired) electrons. The van der Waals surface area contributed by atoms with Gasteiger partial charge >= 0.3 is 5.97 Å². The first-order valence-corrected chi connectivity index (χ1v) is 13.5. The summed E-state index contributed by atoms with van der Waals surface area (Å²) in [6.45, 7) is 4.90. The summed E-state index contributed by atoms with van der Waals surface area (Å²) in [5, 5.41) is 2.79. The number of esters is 1. The SMILES string of the molecule is CC(C)(NC(=O)c1cc2c(n(CC3CCCCC3)c1=O)CCCCCC2)C(=O)OCC[N+](C)(C)C. The molecule has 1 aromatic rings. The van der Waals surface area contributed by atoms with Crippen molar-refractivity contribution in [2.24, 2.45) is 5.92 Å². The number of pyridine rings is 1. The smallest absolute Gasteiger partial charge is 0.331 e. The fourth-order valence-electron chi connectivity index (χ4n) is 5.21. The van der Waals surface area contributed by atoms with Gasteiger partial charge in [-0.15, -0.1) is 0 Å². The number of carbonyl (C=O) groups excluding carboxylic acids is 2. The summed E-state index contributed by atoms with van der Waals surface area (Å²) < 4.78 is 8.03. The lowest BCUT2D eigenvalue weighted by atomic mass is 9.88. The molecule has 7 heteroatoms. The van der Waals surface area contributed by atoms with E-state index in [4.69, 9.17) is 4.74 Å². The number of nitrogens with zero attached hydrogens (tertiary/aromatic N) is 2. The summed E-state index contributed by atoms with van der Waals surface area (Å²) in [5.41, 5.74) is 0.936. The minimum absolute atomic E-state index is 0.146. The zero-order valence-electron chi connectivity index (χ0n) is 22.6. The molecule has 1 fully saturated rings. The van der Waals surface area contributed by atoms with Gasteiger partial charge in [0.1, 0.15) is 24.3 Å². The van der Waals surface area contributed by atoms with Crippen LogP contribution in [0.1, 0.15) is 93.3 Å². The number of amides is 1. The Bertz CT molecular complexity index is 952. The largest absolute Gasteiger partial charge is 0.458 e. The molecule has 3 rings (SSSR count). The summed E-state index contributed by atoms with van der Waals surface area (Å²) in [6, 6.07) is 1.80. The van der Waals surface area contributed by atoms with Crippen LogP contribution in [0.4, 0.5) is 0 Å². The van der Waals surface area contributed by atoms with E-state index in [0.29, 0.717) is 23.5 Å². The number of rotatable bonds is 8. The monoisotopic (exact) mass is 488 g/mol. The predicted octanol–water partition coefficient (Wildman–Crippen LogP) is 3.85. The van der Waals surface area contributed by atoms with Crippen molar-refractivity contribution in [3.05, 3.63) is 33.2 Å². The molecule has 2 aliphatic rings. The van der Waals surface area contributed by atoms with Crippen LogP contribution in [-0.2, 0) is 28.9 Å². The predicted molar refractivity (Wildman–Crippen MR) is 139 cm³/mol. The van der Waals surface area contributed by atoms with Crippen LogP contribution in [0.2, 0.25) is 0 Å². The van der Waals surface area contributed by atoms with Crippen molar-refractivity contribution in [2.45, 2.75) is 96.6 Å². The molecule has 1 saturated carbocycles. The number of nitrogens with one attached hydrogen (secondary N) is 1. The molecule has 1 heterocycles. The highest BCUT2D eigenvalue weighted by Crippen LogP contribution is 2.27. The number of quaternary nitrogens is 1. The van der Waals surface area contributed by atoms with Crippen LogP contribution in [0.25, 0.3) is 0 Å². The fraction of sp³-hybridized carbons (Fsp3) is 0.750. The Hall–Kier alpha value is -2.15. The van der Waals surface area contributed by atoms with Crippen molar-refractivity contribution in [1.29, 1.82) is 0 Å². The maximum absolute atomic E-state index is 13.7. The van der Waals surface area contributed by atoms with Gasteiger partial charge in [-0.2, -0.15) is 0 Å². The van der Waals surface area contributed by atoms with Gasteiger partial charge in [0.2, 0.25) is 0 Å². The lowest BCUT2D eigenvalue weighted by Gasteiger charge is -2.28. The summed E-state index contributed by atoms with van der Waals surface area (Å²) in [7, 11) is 6.08. The highest BCUT2D eigenvalue weighted by atomic mass is 16.5. The minimum Gasteiger partial charge on any atom is -0.458 e. The van der Waals surface area contributed by atoms with E-state index in [0.717, 1.165) is 49.8 Å². The maximum Gasteiger partial charge on any atom is 0.331 e. The minimum atomic E-state index is -1.23. The second-order valence-electron chi connectivity index (χ2n) is 12.1. The number of hydrogen-bond donors (Lipinski definition) is 1. The molecular weight excluding hydrogens is 442 g/mol. The molecule has 0 unspecified atom stereocenters. The van der Waals surface area contributed by atoms with Crippen LogP contribution in [0.3, 0.4) is 0 Å². The number of fused-ring (bicyclic) bond motifs is 1. The highest BCUT2D eigenvalue weighted by molar-refractivity contribution is 5.97. The van der Waals surface area contributed by atoms with E-state index in [1.54, 1.807) is 19.9 Å². The Kier molecular flexibility index (Phi) is 9.19. The van der Waals surface area contributed by atoms with Crippen LogP contribution in [0, 0.1) is 5.92 Å². The molecule has 0 saturated heterocycles. The fourth-order valence-corrected chi connectivity index (χ4v) is 5.21. The van der Waals surface area contributed by atoms with Crippen molar-refractivity contribution in [3.63, 3.8) is 0 Å². The summed E-state index contributed by atoms with van der Waals surface area (Å²) >= 11 is 0. The molecule has 0 bridgehead atoms. The van der Waals surface area contributed by atoms with E-state index >= 15 is 0 Å². The molecular formula is C28H46N3O4+. The second-order valence-corrected chi connectivity index (χ2v) is 12.1. The zero-order valence-corrected chi connectivity index (χ0v) is 22.6. The average molecular weight is 489 g/mol. The van der Waals surface area contributed by atoms with E-state index in [9.17, 15) is 14.4 Å². The summed E-state index contributed by atoms with van der Waals surface area (Å²) in [6.07, 6.45) is 12.3. The maximum atomic E-state index is 13.7. The second kappa shape index (κ2) is 11.7. The Morgan fingerprint density at radius 1 is 1.03 bits per heavy atom. The molecule has 2 aliphatic carbocycles. The average Bonchev–Trinajstić information content (AvgIpc) is 2.76. The van der Waals surface area contributed by atoms with Gasteiger partial charge in [-0.25, -0.2) is 4.79 Å². The normalized spacial score (nSPS) is 17.7. The first-order chi connectivity index (χ1) is 16.5. The van der Waals surface area contributed by atoms with Gasteiger partial charge in [-0.3, -0.25) is 9.59 Å². The number of carbonyl (C=O) groups is 2. The van der Waals surface area contributed by atoms with Gasteiger partial charge in [-0.05, 0) is 69.9 Å². The zero-order chi connectivity index (χ0) is 25.6. The molecule has 1 amide bonds. The molecule has 7 nitrogen and oxygen atoms in total. The number of aromatic nitrogens is 1. The van der Waals surface area contributed by atoms with E-state index in [-0.39, 0.29) is 17.7 Å². The third kappa shape index (κ3) is 7.66. The Morgan fingerprint density at radius 2 is 1.66 bits per heavy atom. The molecule has 196 valence electrons. The summed E-state index contributed by atoms with van der Waals surface area (Å²) in [5.74, 6) is -0.499. The third-order valence-corrected chi connectivity index (χ3v) is 7.44. The topological polar surface area (TPSA) is 77.4 Å². The van der Waals surface area contributed by atoms with E-state index in [2.05, 4.69) is 5.32 Å². The number of hydrogen-bond acceptors (Lipinski definition) is 4.